The molecule has 9 nitrogen and oxygen atoms in total. The molecule has 40 heavy (non-hydrogen) atoms. The van der Waals surface area contributed by atoms with Gasteiger partial charge in [-0.25, -0.2) is 9.78 Å². The number of hydrogen-bond acceptors (Lipinski definition) is 8. The van der Waals surface area contributed by atoms with E-state index in [1.165, 1.54) is 17.4 Å². The molecule has 1 amide bonds. The number of fused-ring (bicyclic) bond motifs is 1. The van der Waals surface area contributed by atoms with Gasteiger partial charge in [0.1, 0.15) is 15.6 Å². The van der Waals surface area contributed by atoms with E-state index in [9.17, 15) is 19.5 Å². The quantitative estimate of drug-likeness (QED) is 0.278. The molecule has 208 valence electrons. The maximum absolute atomic E-state index is 13.4. The standard InChI is InChI=1S/C29H29ClN4O5S/c1-15-25(36)28-27(23(17(3)40-28)16(2)31-21-9-10-22(30)32-24(21)29(37)38)39-26(15)19-5-7-20(8-6-19)34-13-11-33(12-14-34)18(4)35/h5-10,16,31H,11-14H2,1-4H3,(H,37,38). The van der Waals surface area contributed by atoms with Crippen LogP contribution >= 0.6 is 22.9 Å². The zero-order chi connectivity index (χ0) is 28.7. The Bertz CT molecular complexity index is 1670. The van der Waals surface area contributed by atoms with Crippen LogP contribution in [0.15, 0.2) is 45.6 Å². The highest BCUT2D eigenvalue weighted by Gasteiger charge is 2.25. The summed E-state index contributed by atoms with van der Waals surface area (Å²) in [5.41, 5.74) is 3.66. The van der Waals surface area contributed by atoms with Crippen molar-refractivity contribution in [2.75, 3.05) is 36.4 Å². The third kappa shape index (κ3) is 5.16. The maximum Gasteiger partial charge on any atom is 0.356 e. The predicted octanol–water partition coefficient (Wildman–Crippen LogP) is 5.73. The molecule has 0 aliphatic carbocycles. The number of aromatic nitrogens is 1. The first kappa shape index (κ1) is 27.7. The number of rotatable bonds is 6. The summed E-state index contributed by atoms with van der Waals surface area (Å²) in [6, 6.07) is 10.6. The number of carboxylic acids is 1. The Hall–Kier alpha value is -3.89. The van der Waals surface area contributed by atoms with Gasteiger partial charge in [0.25, 0.3) is 0 Å². The minimum Gasteiger partial charge on any atom is -0.476 e. The van der Waals surface area contributed by atoms with Crippen molar-refractivity contribution in [1.82, 2.24) is 9.88 Å². The highest BCUT2D eigenvalue weighted by atomic mass is 35.5. The molecule has 1 unspecified atom stereocenters. The molecule has 11 heteroatoms. The number of carboxylic acid groups (broad SMARTS) is 1. The normalized spacial score (nSPS) is 14.4. The number of pyridine rings is 1. The molecule has 5 rings (SSSR count). The van der Waals surface area contributed by atoms with E-state index in [1.807, 2.05) is 43.0 Å². The van der Waals surface area contributed by atoms with Gasteiger partial charge in [0, 0.05) is 60.4 Å². The van der Waals surface area contributed by atoms with Gasteiger partial charge in [0.05, 0.1) is 11.7 Å². The van der Waals surface area contributed by atoms with Crippen molar-refractivity contribution in [2.45, 2.75) is 33.7 Å². The molecule has 0 spiro atoms. The summed E-state index contributed by atoms with van der Waals surface area (Å²) < 4.78 is 6.98. The number of piperazine rings is 1. The monoisotopic (exact) mass is 580 g/mol. The van der Waals surface area contributed by atoms with Crippen LogP contribution in [0.5, 0.6) is 0 Å². The predicted molar refractivity (Wildman–Crippen MR) is 158 cm³/mol. The fraction of sp³-hybridized carbons (Fsp3) is 0.310. The highest BCUT2D eigenvalue weighted by Crippen LogP contribution is 2.38. The minimum atomic E-state index is -1.20. The van der Waals surface area contributed by atoms with Crippen LogP contribution < -0.4 is 15.6 Å². The third-order valence-electron chi connectivity index (χ3n) is 7.27. The molecule has 2 N–H and O–H groups in total. The van der Waals surface area contributed by atoms with Crippen molar-refractivity contribution < 1.29 is 19.1 Å². The first-order chi connectivity index (χ1) is 19.0. The summed E-state index contributed by atoms with van der Waals surface area (Å²) in [5, 5.41) is 12.9. The van der Waals surface area contributed by atoms with Crippen molar-refractivity contribution in [3.8, 4) is 11.3 Å². The van der Waals surface area contributed by atoms with E-state index in [0.717, 1.165) is 34.8 Å². The van der Waals surface area contributed by atoms with E-state index in [-0.39, 0.29) is 28.2 Å². The van der Waals surface area contributed by atoms with Crippen LogP contribution in [-0.4, -0.2) is 53.0 Å². The molecule has 0 radical (unpaired) electrons. The average Bonchev–Trinajstić information content (AvgIpc) is 3.27. The first-order valence-corrected chi connectivity index (χ1v) is 14.1. The molecule has 4 aromatic rings. The molecule has 1 atom stereocenters. The van der Waals surface area contributed by atoms with Crippen molar-refractivity contribution in [3.63, 3.8) is 0 Å². The van der Waals surface area contributed by atoms with Crippen molar-refractivity contribution in [1.29, 1.82) is 0 Å². The van der Waals surface area contributed by atoms with Crippen LogP contribution in [0.1, 0.15) is 46.4 Å². The molecule has 3 aromatic heterocycles. The van der Waals surface area contributed by atoms with E-state index in [4.69, 9.17) is 16.0 Å². The number of halogens is 1. The number of hydrogen-bond donors (Lipinski definition) is 2. The van der Waals surface area contributed by atoms with Crippen molar-refractivity contribution >= 4 is 56.5 Å². The molecule has 1 aromatic carbocycles. The van der Waals surface area contributed by atoms with Crippen LogP contribution in [0, 0.1) is 13.8 Å². The average molecular weight is 581 g/mol. The zero-order valence-electron chi connectivity index (χ0n) is 22.6. The summed E-state index contributed by atoms with van der Waals surface area (Å²) in [4.78, 5) is 45.7. The Balaban J connectivity index is 1.48. The SMILES string of the molecule is CC(=O)N1CCN(c2ccc(-c3oc4c(C(C)Nc5ccc(Cl)nc5C(=O)O)c(C)sc4c(=O)c3C)cc2)CC1. The Morgan fingerprint density at radius 3 is 2.40 bits per heavy atom. The van der Waals surface area contributed by atoms with Gasteiger partial charge in [-0.2, -0.15) is 0 Å². The number of benzene rings is 1. The fourth-order valence-corrected chi connectivity index (χ4v) is 6.46. The molecule has 0 saturated carbocycles. The number of carbonyl (C=O) groups is 2. The molecule has 1 aliphatic rings. The van der Waals surface area contributed by atoms with Gasteiger partial charge in [-0.15, -0.1) is 11.3 Å². The summed E-state index contributed by atoms with van der Waals surface area (Å²) in [7, 11) is 0. The van der Waals surface area contributed by atoms with Gasteiger partial charge in [0.15, 0.2) is 11.3 Å². The molecule has 4 heterocycles. The number of nitrogens with zero attached hydrogens (tertiary/aromatic N) is 3. The van der Waals surface area contributed by atoms with Gasteiger partial charge in [-0.05, 0) is 57.2 Å². The zero-order valence-corrected chi connectivity index (χ0v) is 24.2. The number of carbonyl (C=O) groups excluding carboxylic acids is 1. The number of aromatic carboxylic acids is 1. The first-order valence-electron chi connectivity index (χ1n) is 12.9. The number of nitrogens with one attached hydrogen (secondary N) is 1. The summed E-state index contributed by atoms with van der Waals surface area (Å²) in [6.07, 6.45) is 0. The number of aryl methyl sites for hydroxylation is 1. The van der Waals surface area contributed by atoms with Crippen LogP contribution in [0.25, 0.3) is 21.6 Å². The summed E-state index contributed by atoms with van der Waals surface area (Å²) in [5.74, 6) is -0.607. The van der Waals surface area contributed by atoms with Crippen LogP contribution in [-0.2, 0) is 4.79 Å². The summed E-state index contributed by atoms with van der Waals surface area (Å²) >= 11 is 7.28. The minimum absolute atomic E-state index is 0.0863. The van der Waals surface area contributed by atoms with E-state index < -0.39 is 5.97 Å². The lowest BCUT2D eigenvalue weighted by Crippen LogP contribution is -2.48. The second-order valence-corrected chi connectivity index (χ2v) is 11.5. The third-order valence-corrected chi connectivity index (χ3v) is 8.58. The van der Waals surface area contributed by atoms with E-state index in [2.05, 4.69) is 15.2 Å². The summed E-state index contributed by atoms with van der Waals surface area (Å²) in [6.45, 7) is 10.1. The van der Waals surface area contributed by atoms with Crippen LogP contribution in [0.4, 0.5) is 11.4 Å². The van der Waals surface area contributed by atoms with Gasteiger partial charge in [-0.3, -0.25) is 9.59 Å². The molecule has 0 bridgehead atoms. The van der Waals surface area contributed by atoms with E-state index in [1.54, 1.807) is 19.9 Å². The molecule has 1 saturated heterocycles. The number of thiophene rings is 1. The second kappa shape index (κ2) is 10.9. The van der Waals surface area contributed by atoms with Crippen molar-refractivity contribution in [3.05, 3.63) is 73.5 Å². The van der Waals surface area contributed by atoms with Gasteiger partial charge >= 0.3 is 5.97 Å². The second-order valence-electron chi connectivity index (χ2n) is 9.86. The molecule has 1 fully saturated rings. The van der Waals surface area contributed by atoms with Crippen LogP contribution in [0.3, 0.4) is 0 Å². The van der Waals surface area contributed by atoms with Crippen molar-refractivity contribution in [2.24, 2.45) is 0 Å². The lowest BCUT2D eigenvalue weighted by molar-refractivity contribution is -0.129. The Morgan fingerprint density at radius 2 is 1.77 bits per heavy atom. The number of amides is 1. The maximum atomic E-state index is 13.4. The van der Waals surface area contributed by atoms with E-state index in [0.29, 0.717) is 40.4 Å². The van der Waals surface area contributed by atoms with E-state index >= 15 is 0 Å². The smallest absolute Gasteiger partial charge is 0.356 e. The molecular weight excluding hydrogens is 552 g/mol. The number of anilines is 2. The lowest BCUT2D eigenvalue weighted by Gasteiger charge is -2.35. The fourth-order valence-electron chi connectivity index (χ4n) is 5.14. The van der Waals surface area contributed by atoms with Gasteiger partial charge in [-0.1, -0.05) is 11.6 Å². The molecular formula is C29H29ClN4O5S. The highest BCUT2D eigenvalue weighted by molar-refractivity contribution is 7.19. The van der Waals surface area contributed by atoms with Gasteiger partial charge in [0.2, 0.25) is 11.3 Å². The topological polar surface area (TPSA) is 116 Å². The Kier molecular flexibility index (Phi) is 7.57. The van der Waals surface area contributed by atoms with Gasteiger partial charge < -0.3 is 24.6 Å². The largest absolute Gasteiger partial charge is 0.476 e. The molecule has 1 aliphatic heterocycles. The Morgan fingerprint density at radius 1 is 1.10 bits per heavy atom. The Labute approximate surface area is 240 Å². The lowest BCUT2D eigenvalue weighted by atomic mass is 10.0. The van der Waals surface area contributed by atoms with Crippen LogP contribution in [0.2, 0.25) is 5.15 Å².